The van der Waals surface area contributed by atoms with Crippen molar-refractivity contribution in [2.75, 3.05) is 35.4 Å². The van der Waals surface area contributed by atoms with Gasteiger partial charge in [0.25, 0.3) is 0 Å². The van der Waals surface area contributed by atoms with Crippen molar-refractivity contribution in [2.24, 2.45) is 5.92 Å². The molecule has 0 unspecified atom stereocenters. The molecule has 5 heterocycles. The number of fused-ring (bicyclic) bond motifs is 1. The maximum atomic E-state index is 11.9. The van der Waals surface area contributed by atoms with E-state index in [1.165, 1.54) is 11.8 Å². The number of hydrogen-bond donors (Lipinski definition) is 1. The lowest BCUT2D eigenvalue weighted by molar-refractivity contribution is -0.0608. The Kier molecular flexibility index (Phi) is 7.37. The first kappa shape index (κ1) is 27.9. The van der Waals surface area contributed by atoms with Gasteiger partial charge in [-0.25, -0.2) is 23.4 Å². The van der Waals surface area contributed by atoms with Crippen LogP contribution in [0.25, 0.3) is 22.2 Å². The lowest BCUT2D eigenvalue weighted by atomic mass is 9.88. The molecule has 0 aliphatic carbocycles. The Morgan fingerprint density at radius 3 is 2.66 bits per heavy atom. The molecule has 2 saturated heterocycles. The summed E-state index contributed by atoms with van der Waals surface area (Å²) < 4.78 is 31.0. The van der Waals surface area contributed by atoms with Gasteiger partial charge in [-0.3, -0.25) is 4.68 Å². The second kappa shape index (κ2) is 10.8. The third kappa shape index (κ3) is 5.75. The normalized spacial score (nSPS) is 20.7. The number of pyridine rings is 1. The summed E-state index contributed by atoms with van der Waals surface area (Å²) >= 11 is 6.44. The number of anilines is 3. The summed E-state index contributed by atoms with van der Waals surface area (Å²) in [6, 6.07) is 8.28. The van der Waals surface area contributed by atoms with Crippen LogP contribution in [0.15, 0.2) is 42.9 Å². The van der Waals surface area contributed by atoms with Gasteiger partial charge in [0.05, 0.1) is 24.0 Å². The van der Waals surface area contributed by atoms with Gasteiger partial charge < -0.3 is 15.0 Å². The molecule has 4 aromatic rings. The van der Waals surface area contributed by atoms with Crippen LogP contribution in [0, 0.1) is 5.92 Å². The zero-order chi connectivity index (χ0) is 28.9. The van der Waals surface area contributed by atoms with Gasteiger partial charge in [0.15, 0.2) is 11.0 Å². The fourth-order valence-corrected chi connectivity index (χ4v) is 7.02. The van der Waals surface area contributed by atoms with Crippen molar-refractivity contribution < 1.29 is 13.2 Å². The molecule has 3 aromatic heterocycles. The van der Waals surface area contributed by atoms with Crippen molar-refractivity contribution in [1.82, 2.24) is 24.7 Å². The van der Waals surface area contributed by atoms with E-state index < -0.39 is 9.84 Å². The largest absolute Gasteiger partial charge is 0.376 e. The van der Waals surface area contributed by atoms with E-state index in [1.807, 2.05) is 12.4 Å². The van der Waals surface area contributed by atoms with Crippen molar-refractivity contribution in [2.45, 2.75) is 51.8 Å². The summed E-state index contributed by atoms with van der Waals surface area (Å²) in [4.78, 5) is 16.1. The van der Waals surface area contributed by atoms with Crippen molar-refractivity contribution in [3.63, 3.8) is 0 Å². The Balaban J connectivity index is 1.27. The van der Waals surface area contributed by atoms with E-state index in [9.17, 15) is 8.42 Å². The second-order valence-corrected chi connectivity index (χ2v) is 14.0. The molecule has 2 fully saturated rings. The highest BCUT2D eigenvalue weighted by Gasteiger charge is 2.38. The molecule has 0 saturated carbocycles. The molecule has 3 atom stereocenters. The number of sulfone groups is 1. The standard InChI is InChI=1S/C29H34ClN7O3S/c1-17(2)21-5-6-25(37-13-19(18(37)3)16-41(4,38)39)23-12-32-27(11-22(21)23)33-26-7-9-31-29(34-26)24-15-36(35-28(24)30)14-20-8-10-40-20/h5-7,9,11-12,15,17-20H,8,10,13-14,16H2,1-4H3,(H,31,32,33,34)/t18-,19-,20-/m1/s1. The highest BCUT2D eigenvalue weighted by molar-refractivity contribution is 7.90. The molecule has 10 nitrogen and oxygen atoms in total. The van der Waals surface area contributed by atoms with E-state index in [-0.39, 0.29) is 23.8 Å². The molecule has 1 aromatic carbocycles. The van der Waals surface area contributed by atoms with Gasteiger partial charge in [0.1, 0.15) is 21.5 Å². The Labute approximate surface area is 245 Å². The van der Waals surface area contributed by atoms with Crippen LogP contribution >= 0.6 is 11.6 Å². The van der Waals surface area contributed by atoms with Gasteiger partial charge >= 0.3 is 0 Å². The van der Waals surface area contributed by atoms with Crippen LogP contribution < -0.4 is 10.2 Å². The molecule has 0 bridgehead atoms. The first-order valence-corrected chi connectivity index (χ1v) is 16.3. The third-order valence-corrected chi connectivity index (χ3v) is 9.33. The molecule has 41 heavy (non-hydrogen) atoms. The number of hydrogen-bond acceptors (Lipinski definition) is 9. The minimum Gasteiger partial charge on any atom is -0.376 e. The van der Waals surface area contributed by atoms with E-state index in [1.54, 1.807) is 16.9 Å². The lowest BCUT2D eigenvalue weighted by Crippen LogP contribution is -2.57. The number of ether oxygens (including phenoxy) is 1. The number of nitrogens with zero attached hydrogens (tertiary/aromatic N) is 6. The zero-order valence-electron chi connectivity index (χ0n) is 23.6. The van der Waals surface area contributed by atoms with Gasteiger partial charge in [-0.15, -0.1) is 0 Å². The average molecular weight is 596 g/mol. The minimum absolute atomic E-state index is 0.123. The van der Waals surface area contributed by atoms with Crippen molar-refractivity contribution >= 4 is 49.5 Å². The second-order valence-electron chi connectivity index (χ2n) is 11.4. The van der Waals surface area contributed by atoms with Crippen LogP contribution in [0.5, 0.6) is 0 Å². The summed E-state index contributed by atoms with van der Waals surface area (Å²) in [6.45, 7) is 8.58. The van der Waals surface area contributed by atoms with Crippen molar-refractivity contribution in [3.05, 3.63) is 53.6 Å². The monoisotopic (exact) mass is 595 g/mol. The first-order valence-electron chi connectivity index (χ1n) is 13.9. The van der Waals surface area contributed by atoms with E-state index in [0.717, 1.165) is 29.5 Å². The predicted molar refractivity (Wildman–Crippen MR) is 162 cm³/mol. The van der Waals surface area contributed by atoms with Crippen LogP contribution in [0.4, 0.5) is 17.3 Å². The fraction of sp³-hybridized carbons (Fsp3) is 0.448. The van der Waals surface area contributed by atoms with Crippen LogP contribution in [0.1, 0.15) is 38.7 Å². The van der Waals surface area contributed by atoms with Gasteiger partial charge in [0, 0.05) is 61.0 Å². The molecular weight excluding hydrogens is 562 g/mol. The quantitative estimate of drug-likeness (QED) is 0.283. The average Bonchev–Trinajstić information content (AvgIpc) is 3.27. The van der Waals surface area contributed by atoms with E-state index in [0.29, 0.717) is 47.2 Å². The summed E-state index contributed by atoms with van der Waals surface area (Å²) in [5.41, 5.74) is 2.95. The highest BCUT2D eigenvalue weighted by Crippen LogP contribution is 2.39. The van der Waals surface area contributed by atoms with Crippen LogP contribution in [-0.2, 0) is 21.1 Å². The molecule has 12 heteroatoms. The minimum atomic E-state index is -3.02. The van der Waals surface area contributed by atoms with Crippen LogP contribution in [0.2, 0.25) is 5.15 Å². The summed E-state index contributed by atoms with van der Waals surface area (Å²) in [7, 11) is -3.02. The number of halogens is 1. The maximum Gasteiger partial charge on any atom is 0.166 e. The Hall–Kier alpha value is -3.28. The van der Waals surface area contributed by atoms with Crippen molar-refractivity contribution in [3.8, 4) is 11.4 Å². The molecule has 0 spiro atoms. The van der Waals surface area contributed by atoms with Gasteiger partial charge in [-0.1, -0.05) is 31.5 Å². The smallest absolute Gasteiger partial charge is 0.166 e. The van der Waals surface area contributed by atoms with Gasteiger partial charge in [-0.2, -0.15) is 5.10 Å². The van der Waals surface area contributed by atoms with Gasteiger partial charge in [-0.05, 0) is 48.4 Å². The number of nitrogens with one attached hydrogen (secondary N) is 1. The molecule has 2 aliphatic rings. The molecule has 0 radical (unpaired) electrons. The van der Waals surface area contributed by atoms with Crippen LogP contribution in [-0.4, -0.2) is 70.5 Å². The Bertz CT molecular complexity index is 1700. The SMILES string of the molecule is CC(C)c1ccc(N2C[C@H](CS(C)(=O)=O)[C@H]2C)c2cnc(Nc3ccnc(-c4cn(C[C@H]5CCO5)nc4Cl)n3)cc12. The van der Waals surface area contributed by atoms with E-state index in [4.69, 9.17) is 26.3 Å². The maximum absolute atomic E-state index is 11.9. The van der Waals surface area contributed by atoms with Crippen molar-refractivity contribution in [1.29, 1.82) is 0 Å². The number of aromatic nitrogens is 5. The first-order chi connectivity index (χ1) is 19.6. The fourth-order valence-electron chi connectivity index (χ4n) is 5.62. The summed E-state index contributed by atoms with van der Waals surface area (Å²) in [5, 5.41) is 10.2. The van der Waals surface area contributed by atoms with Gasteiger partial charge in [0.2, 0.25) is 0 Å². The molecule has 0 amide bonds. The molecule has 2 aliphatic heterocycles. The summed E-state index contributed by atoms with van der Waals surface area (Å²) in [5.74, 6) is 2.37. The number of benzene rings is 1. The Morgan fingerprint density at radius 1 is 1.17 bits per heavy atom. The molecule has 1 N–H and O–H groups in total. The molecule has 216 valence electrons. The predicted octanol–water partition coefficient (Wildman–Crippen LogP) is 5.07. The Morgan fingerprint density at radius 2 is 1.98 bits per heavy atom. The van der Waals surface area contributed by atoms with E-state index in [2.05, 4.69) is 59.3 Å². The molecular formula is C29H34ClN7O3S. The topological polar surface area (TPSA) is 115 Å². The lowest BCUT2D eigenvalue weighted by Gasteiger charge is -2.48. The summed E-state index contributed by atoms with van der Waals surface area (Å²) in [6.07, 6.45) is 7.92. The van der Waals surface area contributed by atoms with Crippen LogP contribution in [0.3, 0.4) is 0 Å². The number of rotatable bonds is 9. The third-order valence-electron chi connectivity index (χ3n) is 8.02. The highest BCUT2D eigenvalue weighted by atomic mass is 35.5. The van der Waals surface area contributed by atoms with E-state index >= 15 is 0 Å². The molecule has 6 rings (SSSR count). The zero-order valence-corrected chi connectivity index (χ0v) is 25.2.